The third kappa shape index (κ3) is 4.67. The average molecular weight is 435 g/mol. The minimum Gasteiger partial charge on any atom is -0.394 e. The first-order valence-electron chi connectivity index (χ1n) is 9.17. The van der Waals surface area contributed by atoms with Gasteiger partial charge in [0, 0.05) is 19.3 Å². The van der Waals surface area contributed by atoms with Crippen LogP contribution in [0.3, 0.4) is 0 Å². The molecule has 1 saturated heterocycles. The molecule has 2 aromatic heterocycles. The molecule has 3 heterocycles. The molecule has 0 spiro atoms. The summed E-state index contributed by atoms with van der Waals surface area (Å²) < 4.78 is 7.19. The number of carbonyl (C=O) groups excluding carboxylic acids is 1. The van der Waals surface area contributed by atoms with Gasteiger partial charge < -0.3 is 15.2 Å². The lowest BCUT2D eigenvalue weighted by Gasteiger charge is -2.12. The summed E-state index contributed by atoms with van der Waals surface area (Å²) in [4.78, 5) is 32.2. The fourth-order valence-corrected chi connectivity index (χ4v) is 4.20. The molecule has 1 aliphatic rings. The number of nitrogens with zero attached hydrogens (tertiary/aromatic N) is 3. The van der Waals surface area contributed by atoms with Crippen LogP contribution in [0, 0.1) is 6.92 Å². The van der Waals surface area contributed by atoms with Gasteiger partial charge in [-0.15, -0.1) is 0 Å². The number of likely N-dealkylation sites (N-methyl/N-ethyl adjacent to an activating group) is 1. The number of rotatable bonds is 8. The molecule has 0 saturated carbocycles. The highest BCUT2D eigenvalue weighted by Gasteiger charge is 2.31. The number of anilines is 1. The van der Waals surface area contributed by atoms with Crippen molar-refractivity contribution < 1.29 is 14.6 Å². The summed E-state index contributed by atoms with van der Waals surface area (Å²) in [5.41, 5.74) is 1.42. The van der Waals surface area contributed by atoms with Crippen molar-refractivity contribution in [1.82, 2.24) is 14.3 Å². The van der Waals surface area contributed by atoms with Crippen LogP contribution >= 0.6 is 24.0 Å². The van der Waals surface area contributed by atoms with Gasteiger partial charge in [0.25, 0.3) is 11.5 Å². The topological polar surface area (TPSA) is 96.2 Å². The maximum absolute atomic E-state index is 13.2. The highest BCUT2D eigenvalue weighted by atomic mass is 32.2. The molecule has 1 fully saturated rings. The third-order valence-electron chi connectivity index (χ3n) is 4.25. The molecule has 0 aromatic carbocycles. The van der Waals surface area contributed by atoms with Gasteiger partial charge in [0.15, 0.2) is 0 Å². The zero-order chi connectivity index (χ0) is 21.0. The van der Waals surface area contributed by atoms with E-state index in [0.717, 1.165) is 5.56 Å². The van der Waals surface area contributed by atoms with E-state index >= 15 is 0 Å². The first-order valence-corrected chi connectivity index (χ1v) is 10.4. The summed E-state index contributed by atoms with van der Waals surface area (Å²) in [7, 11) is 0. The van der Waals surface area contributed by atoms with Gasteiger partial charge in [-0.2, -0.15) is 0 Å². The molecule has 0 atom stereocenters. The molecular formula is C19H22N4O4S2. The number of hydrogen-bond donors (Lipinski definition) is 2. The van der Waals surface area contributed by atoms with Crippen molar-refractivity contribution in [2.75, 3.05) is 38.2 Å². The minimum atomic E-state index is -0.278. The Morgan fingerprint density at radius 1 is 1.34 bits per heavy atom. The molecule has 0 radical (unpaired) electrons. The Bertz CT molecular complexity index is 1030. The molecular weight excluding hydrogens is 412 g/mol. The Kier molecular flexibility index (Phi) is 7.01. The third-order valence-corrected chi connectivity index (χ3v) is 5.62. The van der Waals surface area contributed by atoms with Gasteiger partial charge in [0.2, 0.25) is 0 Å². The summed E-state index contributed by atoms with van der Waals surface area (Å²) in [6.07, 6.45) is 3.27. The van der Waals surface area contributed by atoms with Crippen LogP contribution in [0.5, 0.6) is 0 Å². The van der Waals surface area contributed by atoms with Gasteiger partial charge in [0.1, 0.15) is 15.8 Å². The first kappa shape index (κ1) is 21.4. The maximum Gasteiger partial charge on any atom is 0.267 e. The summed E-state index contributed by atoms with van der Waals surface area (Å²) in [6, 6.07) is 3.65. The number of carbonyl (C=O) groups is 1. The lowest BCUT2D eigenvalue weighted by molar-refractivity contribution is -0.121. The van der Waals surface area contributed by atoms with Crippen LogP contribution in [0.15, 0.2) is 28.0 Å². The molecule has 0 aliphatic carbocycles. The Balaban J connectivity index is 2.03. The predicted octanol–water partition coefficient (Wildman–Crippen LogP) is 1.64. The molecule has 3 rings (SSSR count). The first-order chi connectivity index (χ1) is 14.0. The number of thiocarbonyl (C=S) groups is 1. The molecule has 8 nitrogen and oxygen atoms in total. The van der Waals surface area contributed by atoms with Gasteiger partial charge in [0.05, 0.1) is 30.3 Å². The Labute approximate surface area is 177 Å². The number of ether oxygens (including phenoxy) is 1. The molecule has 0 bridgehead atoms. The number of nitrogens with one attached hydrogen (secondary N) is 1. The van der Waals surface area contributed by atoms with Crippen molar-refractivity contribution in [3.05, 3.63) is 44.7 Å². The Morgan fingerprint density at radius 2 is 2.14 bits per heavy atom. The standard InChI is InChI=1S/C19H22N4O4S2/c1-3-22-18(26)14(29-19(22)28)10-13-16(20-6-8-27-9-7-24)21-15-5-4-12(2)11-23(15)17(13)25/h4-5,10-11,20,24H,3,6-9H2,1-2H3/b14-10+. The molecule has 2 N–H and O–H groups in total. The second-order valence-electron chi connectivity index (χ2n) is 6.30. The normalized spacial score (nSPS) is 15.7. The molecule has 29 heavy (non-hydrogen) atoms. The zero-order valence-corrected chi connectivity index (χ0v) is 17.8. The van der Waals surface area contributed by atoms with Crippen LogP contribution in [-0.2, 0) is 9.53 Å². The second-order valence-corrected chi connectivity index (χ2v) is 7.98. The van der Waals surface area contributed by atoms with E-state index in [2.05, 4.69) is 10.3 Å². The van der Waals surface area contributed by atoms with E-state index in [9.17, 15) is 9.59 Å². The summed E-state index contributed by atoms with van der Waals surface area (Å²) in [5.74, 6) is 0.154. The van der Waals surface area contributed by atoms with Gasteiger partial charge >= 0.3 is 0 Å². The largest absolute Gasteiger partial charge is 0.394 e. The lowest BCUT2D eigenvalue weighted by Crippen LogP contribution is -2.27. The monoisotopic (exact) mass is 434 g/mol. The number of fused-ring (bicyclic) bond motifs is 1. The fourth-order valence-electron chi connectivity index (χ4n) is 2.84. The number of aliphatic hydroxyl groups excluding tert-OH is 1. The van der Waals surface area contributed by atoms with Crippen molar-refractivity contribution in [2.24, 2.45) is 0 Å². The van der Waals surface area contributed by atoms with Crippen molar-refractivity contribution in [3.8, 4) is 0 Å². The predicted molar refractivity (Wildman–Crippen MR) is 118 cm³/mol. The highest BCUT2D eigenvalue weighted by Crippen LogP contribution is 2.32. The SMILES string of the molecule is CCN1C(=O)/C(=C\c2c(NCCOCCO)nc3ccc(C)cn3c2=O)SC1=S. The minimum absolute atomic E-state index is 0.0561. The molecule has 2 aromatic rings. The number of aliphatic hydroxyl groups is 1. The lowest BCUT2D eigenvalue weighted by atomic mass is 10.2. The highest BCUT2D eigenvalue weighted by molar-refractivity contribution is 8.26. The van der Waals surface area contributed by atoms with Gasteiger partial charge in [-0.05, 0) is 31.6 Å². The van der Waals surface area contributed by atoms with Crippen LogP contribution in [0.2, 0.25) is 0 Å². The number of amides is 1. The quantitative estimate of drug-likeness (QED) is 0.368. The van der Waals surface area contributed by atoms with Crippen LogP contribution in [0.25, 0.3) is 11.7 Å². The number of hydrogen-bond acceptors (Lipinski definition) is 8. The van der Waals surface area contributed by atoms with Gasteiger partial charge in [-0.25, -0.2) is 4.98 Å². The number of aryl methyl sites for hydroxylation is 1. The average Bonchev–Trinajstić information content (AvgIpc) is 2.97. The maximum atomic E-state index is 13.2. The Morgan fingerprint density at radius 3 is 2.83 bits per heavy atom. The van der Waals surface area contributed by atoms with Crippen LogP contribution < -0.4 is 10.9 Å². The summed E-state index contributed by atoms with van der Waals surface area (Å²) in [6.45, 7) is 5.13. The van der Waals surface area contributed by atoms with E-state index in [1.165, 1.54) is 21.1 Å². The summed E-state index contributed by atoms with van der Waals surface area (Å²) in [5, 5.41) is 11.9. The second kappa shape index (κ2) is 9.49. The van der Waals surface area contributed by atoms with Crippen LogP contribution in [0.1, 0.15) is 18.1 Å². The van der Waals surface area contributed by atoms with E-state index in [1.807, 2.05) is 19.9 Å². The van der Waals surface area contributed by atoms with Crippen molar-refractivity contribution in [2.45, 2.75) is 13.8 Å². The summed E-state index contributed by atoms with van der Waals surface area (Å²) >= 11 is 6.43. The molecule has 154 valence electrons. The smallest absolute Gasteiger partial charge is 0.267 e. The van der Waals surface area contributed by atoms with E-state index < -0.39 is 0 Å². The van der Waals surface area contributed by atoms with Crippen molar-refractivity contribution in [1.29, 1.82) is 0 Å². The number of thioether (sulfide) groups is 1. The van der Waals surface area contributed by atoms with Crippen LogP contribution in [0.4, 0.5) is 5.82 Å². The molecule has 10 heteroatoms. The zero-order valence-electron chi connectivity index (χ0n) is 16.2. The fraction of sp³-hybridized carbons (Fsp3) is 0.368. The van der Waals surface area contributed by atoms with Crippen LogP contribution in [-0.4, -0.2) is 62.5 Å². The van der Waals surface area contributed by atoms with E-state index in [4.69, 9.17) is 22.1 Å². The number of aromatic nitrogens is 2. The van der Waals surface area contributed by atoms with Gasteiger partial charge in [-0.3, -0.25) is 18.9 Å². The van der Waals surface area contributed by atoms with Crippen molar-refractivity contribution in [3.63, 3.8) is 0 Å². The molecule has 1 aliphatic heterocycles. The van der Waals surface area contributed by atoms with E-state index in [0.29, 0.717) is 40.4 Å². The molecule has 0 unspecified atom stereocenters. The van der Waals surface area contributed by atoms with Gasteiger partial charge in [-0.1, -0.05) is 30.0 Å². The molecule has 1 amide bonds. The van der Waals surface area contributed by atoms with E-state index in [1.54, 1.807) is 18.3 Å². The Hall–Kier alpha value is -2.27. The van der Waals surface area contributed by atoms with E-state index in [-0.39, 0.29) is 30.2 Å². The number of pyridine rings is 1. The van der Waals surface area contributed by atoms with Crippen molar-refractivity contribution >= 4 is 51.7 Å².